The van der Waals surface area contributed by atoms with Crippen molar-refractivity contribution in [2.24, 2.45) is 0 Å². The number of hydrogen-bond donors (Lipinski definition) is 1. The molecule has 0 aliphatic carbocycles. The van der Waals surface area contributed by atoms with Crippen LogP contribution in [0.15, 0.2) is 18.3 Å². The molecule has 7 nitrogen and oxygen atoms in total. The average molecular weight is 274 g/mol. The molecule has 2 rings (SSSR count). The first-order valence-corrected chi connectivity index (χ1v) is 6.60. The molecule has 0 saturated heterocycles. The molecule has 2 heterocycles. The Kier molecular flexibility index (Phi) is 4.75. The predicted octanol–water partition coefficient (Wildman–Crippen LogP) is 1.36. The van der Waals surface area contributed by atoms with E-state index < -0.39 is 0 Å². The SMILES string of the molecule is CC(=O)Nc1ccc(CCCCn2cc(C)nn2)nn1. The topological polar surface area (TPSA) is 85.6 Å². The van der Waals surface area contributed by atoms with E-state index in [1.54, 1.807) is 6.07 Å². The maximum atomic E-state index is 10.9. The van der Waals surface area contributed by atoms with Crippen LogP contribution in [0.25, 0.3) is 0 Å². The van der Waals surface area contributed by atoms with Gasteiger partial charge in [-0.1, -0.05) is 5.21 Å². The number of rotatable bonds is 6. The van der Waals surface area contributed by atoms with Crippen molar-refractivity contribution < 1.29 is 4.79 Å². The fourth-order valence-electron chi connectivity index (χ4n) is 1.82. The summed E-state index contributed by atoms with van der Waals surface area (Å²) in [6, 6.07) is 3.66. The number of hydrogen-bond acceptors (Lipinski definition) is 5. The van der Waals surface area contributed by atoms with Gasteiger partial charge in [0.05, 0.1) is 11.4 Å². The second-order valence-corrected chi connectivity index (χ2v) is 4.67. The van der Waals surface area contributed by atoms with Crippen LogP contribution in [0, 0.1) is 6.92 Å². The Morgan fingerprint density at radius 1 is 1.25 bits per heavy atom. The lowest BCUT2D eigenvalue weighted by atomic mass is 10.2. The molecule has 0 bridgehead atoms. The van der Waals surface area contributed by atoms with Crippen LogP contribution in [0.5, 0.6) is 0 Å². The number of carbonyl (C=O) groups is 1. The number of nitrogens with one attached hydrogen (secondary N) is 1. The Bertz CT molecular complexity index is 562. The van der Waals surface area contributed by atoms with Crippen LogP contribution in [0.1, 0.15) is 31.2 Å². The summed E-state index contributed by atoms with van der Waals surface area (Å²) >= 11 is 0. The minimum Gasteiger partial charge on any atom is -0.309 e. The summed E-state index contributed by atoms with van der Waals surface area (Å²) in [5.74, 6) is 0.342. The first-order valence-electron chi connectivity index (χ1n) is 6.60. The predicted molar refractivity (Wildman–Crippen MR) is 74.0 cm³/mol. The standard InChI is InChI=1S/C13H18N6O/c1-10-9-19(18-15-10)8-4-3-5-12-6-7-13(17-16-12)14-11(2)20/h6-7,9H,3-5,8H2,1-2H3,(H,14,17,20). The molecule has 0 unspecified atom stereocenters. The molecule has 0 aromatic carbocycles. The van der Waals surface area contributed by atoms with Crippen molar-refractivity contribution >= 4 is 11.7 Å². The molecule has 7 heteroatoms. The number of aryl methyl sites for hydroxylation is 3. The molecule has 0 spiro atoms. The van der Waals surface area contributed by atoms with Crippen molar-refractivity contribution in [3.05, 3.63) is 29.7 Å². The van der Waals surface area contributed by atoms with Gasteiger partial charge in [-0.3, -0.25) is 9.48 Å². The normalized spacial score (nSPS) is 10.5. The molecule has 1 N–H and O–H groups in total. The number of aromatic nitrogens is 5. The minimum atomic E-state index is -0.143. The molecular formula is C13H18N6O. The van der Waals surface area contributed by atoms with Gasteiger partial charge in [-0.2, -0.15) is 5.10 Å². The first kappa shape index (κ1) is 14.1. The summed E-state index contributed by atoms with van der Waals surface area (Å²) in [7, 11) is 0. The largest absolute Gasteiger partial charge is 0.309 e. The van der Waals surface area contributed by atoms with Crippen LogP contribution in [0.4, 0.5) is 5.82 Å². The van der Waals surface area contributed by atoms with Crippen LogP contribution < -0.4 is 5.32 Å². The minimum absolute atomic E-state index is 0.143. The second kappa shape index (κ2) is 6.74. The maximum Gasteiger partial charge on any atom is 0.222 e. The Morgan fingerprint density at radius 3 is 2.70 bits per heavy atom. The summed E-state index contributed by atoms with van der Waals surface area (Å²) in [5, 5.41) is 18.6. The van der Waals surface area contributed by atoms with Crippen LogP contribution in [0.3, 0.4) is 0 Å². The monoisotopic (exact) mass is 274 g/mol. The summed E-state index contributed by atoms with van der Waals surface area (Å²) in [6.07, 6.45) is 4.81. The van der Waals surface area contributed by atoms with E-state index in [1.807, 2.05) is 23.9 Å². The van der Waals surface area contributed by atoms with Gasteiger partial charge in [0.15, 0.2) is 5.82 Å². The van der Waals surface area contributed by atoms with Crippen molar-refractivity contribution in [1.29, 1.82) is 0 Å². The van der Waals surface area contributed by atoms with Gasteiger partial charge in [0, 0.05) is 19.7 Å². The quantitative estimate of drug-likeness (QED) is 0.804. The van der Waals surface area contributed by atoms with E-state index in [1.165, 1.54) is 6.92 Å². The van der Waals surface area contributed by atoms with Crippen molar-refractivity contribution in [2.45, 2.75) is 39.7 Å². The zero-order valence-corrected chi connectivity index (χ0v) is 11.7. The summed E-state index contributed by atoms with van der Waals surface area (Å²) < 4.78 is 1.85. The highest BCUT2D eigenvalue weighted by molar-refractivity contribution is 5.87. The van der Waals surface area contributed by atoms with E-state index in [-0.39, 0.29) is 5.91 Å². The van der Waals surface area contributed by atoms with E-state index in [0.717, 1.165) is 37.2 Å². The summed E-state index contributed by atoms with van der Waals surface area (Å²) in [5.41, 5.74) is 1.86. The number of amides is 1. The third kappa shape index (κ3) is 4.42. The molecular weight excluding hydrogens is 256 g/mol. The Balaban J connectivity index is 1.72. The van der Waals surface area contributed by atoms with E-state index in [4.69, 9.17) is 0 Å². The lowest BCUT2D eigenvalue weighted by Gasteiger charge is -2.03. The third-order valence-electron chi connectivity index (χ3n) is 2.75. The molecule has 106 valence electrons. The Hall–Kier alpha value is -2.31. The van der Waals surface area contributed by atoms with Gasteiger partial charge < -0.3 is 5.32 Å². The molecule has 0 saturated carbocycles. The van der Waals surface area contributed by atoms with Crippen LogP contribution in [-0.2, 0) is 17.8 Å². The van der Waals surface area contributed by atoms with Crippen molar-refractivity contribution in [3.8, 4) is 0 Å². The highest BCUT2D eigenvalue weighted by Gasteiger charge is 2.01. The molecule has 2 aromatic rings. The number of unbranched alkanes of at least 4 members (excludes halogenated alkanes) is 1. The lowest BCUT2D eigenvalue weighted by molar-refractivity contribution is -0.114. The molecule has 0 atom stereocenters. The summed E-state index contributed by atoms with van der Waals surface area (Å²) in [6.45, 7) is 4.23. The van der Waals surface area contributed by atoms with Gasteiger partial charge in [-0.05, 0) is 38.3 Å². The van der Waals surface area contributed by atoms with E-state index in [0.29, 0.717) is 5.82 Å². The fraction of sp³-hybridized carbons (Fsp3) is 0.462. The molecule has 0 aliphatic rings. The Labute approximate surface area is 117 Å². The fourth-order valence-corrected chi connectivity index (χ4v) is 1.82. The van der Waals surface area contributed by atoms with E-state index in [2.05, 4.69) is 25.8 Å². The lowest BCUT2D eigenvalue weighted by Crippen LogP contribution is -2.08. The zero-order valence-electron chi connectivity index (χ0n) is 11.7. The van der Waals surface area contributed by atoms with Crippen LogP contribution in [-0.4, -0.2) is 31.1 Å². The number of carbonyl (C=O) groups excluding carboxylic acids is 1. The average Bonchev–Trinajstić information content (AvgIpc) is 2.82. The zero-order chi connectivity index (χ0) is 14.4. The first-order chi connectivity index (χ1) is 9.63. The molecule has 1 amide bonds. The molecule has 2 aromatic heterocycles. The molecule has 0 radical (unpaired) electrons. The molecule has 20 heavy (non-hydrogen) atoms. The Morgan fingerprint density at radius 2 is 2.10 bits per heavy atom. The number of anilines is 1. The van der Waals surface area contributed by atoms with Crippen LogP contribution >= 0.6 is 0 Å². The van der Waals surface area contributed by atoms with Crippen molar-refractivity contribution in [3.63, 3.8) is 0 Å². The molecule has 0 aliphatic heterocycles. The van der Waals surface area contributed by atoms with Gasteiger partial charge in [0.25, 0.3) is 0 Å². The van der Waals surface area contributed by atoms with Crippen LogP contribution in [0.2, 0.25) is 0 Å². The highest BCUT2D eigenvalue weighted by Crippen LogP contribution is 2.06. The van der Waals surface area contributed by atoms with Crippen molar-refractivity contribution in [2.75, 3.05) is 5.32 Å². The molecule has 0 fully saturated rings. The van der Waals surface area contributed by atoms with Crippen molar-refractivity contribution in [1.82, 2.24) is 25.2 Å². The summed E-state index contributed by atoms with van der Waals surface area (Å²) in [4.78, 5) is 10.9. The van der Waals surface area contributed by atoms with Gasteiger partial charge in [-0.15, -0.1) is 10.2 Å². The van der Waals surface area contributed by atoms with Gasteiger partial charge in [0.2, 0.25) is 5.91 Å². The third-order valence-corrected chi connectivity index (χ3v) is 2.75. The van der Waals surface area contributed by atoms with Gasteiger partial charge in [-0.25, -0.2) is 0 Å². The van der Waals surface area contributed by atoms with Gasteiger partial charge >= 0.3 is 0 Å². The smallest absolute Gasteiger partial charge is 0.222 e. The van der Waals surface area contributed by atoms with Gasteiger partial charge in [0.1, 0.15) is 0 Å². The highest BCUT2D eigenvalue weighted by atomic mass is 16.1. The van der Waals surface area contributed by atoms with E-state index >= 15 is 0 Å². The second-order valence-electron chi connectivity index (χ2n) is 4.67. The number of nitrogens with zero attached hydrogens (tertiary/aromatic N) is 5. The van der Waals surface area contributed by atoms with E-state index in [9.17, 15) is 4.79 Å². The maximum absolute atomic E-state index is 10.9.